The fourth-order valence-electron chi connectivity index (χ4n) is 2.54. The van der Waals surface area contributed by atoms with Crippen molar-refractivity contribution in [2.75, 3.05) is 26.7 Å². The molecule has 4 nitrogen and oxygen atoms in total. The topological polar surface area (TPSA) is 49.6 Å². The van der Waals surface area contributed by atoms with Crippen LogP contribution in [0.3, 0.4) is 0 Å². The van der Waals surface area contributed by atoms with Crippen molar-refractivity contribution in [1.82, 2.24) is 9.80 Å². The number of nitrogens with zero attached hydrogens (tertiary/aromatic N) is 2. The summed E-state index contributed by atoms with van der Waals surface area (Å²) in [5.74, 6) is 0.198. The van der Waals surface area contributed by atoms with Gasteiger partial charge in [-0.05, 0) is 25.5 Å². The summed E-state index contributed by atoms with van der Waals surface area (Å²) >= 11 is 0. The molecule has 2 rings (SSSR count). The van der Waals surface area contributed by atoms with Crippen LogP contribution in [0.1, 0.15) is 17.5 Å². The van der Waals surface area contributed by atoms with Gasteiger partial charge in [0.2, 0.25) is 5.91 Å². The van der Waals surface area contributed by atoms with Gasteiger partial charge in [0.1, 0.15) is 0 Å². The maximum atomic E-state index is 12.2. The summed E-state index contributed by atoms with van der Waals surface area (Å²) in [7, 11) is 1.87. The Morgan fingerprint density at radius 1 is 1.26 bits per heavy atom. The zero-order chi connectivity index (χ0) is 13.8. The van der Waals surface area contributed by atoms with Gasteiger partial charge >= 0.3 is 0 Å². The van der Waals surface area contributed by atoms with E-state index in [9.17, 15) is 4.79 Å². The lowest BCUT2D eigenvalue weighted by Crippen LogP contribution is -2.55. The molecule has 0 radical (unpaired) electrons. The number of benzene rings is 1. The Hall–Kier alpha value is -1.39. The van der Waals surface area contributed by atoms with Crippen LogP contribution in [0.2, 0.25) is 0 Å². The molecule has 1 aromatic carbocycles. The third kappa shape index (κ3) is 3.33. The number of rotatable bonds is 4. The van der Waals surface area contributed by atoms with Crippen molar-refractivity contribution >= 4 is 5.91 Å². The summed E-state index contributed by atoms with van der Waals surface area (Å²) in [6.45, 7) is 5.17. The Balaban J connectivity index is 2.08. The van der Waals surface area contributed by atoms with Crippen molar-refractivity contribution < 1.29 is 4.79 Å². The van der Waals surface area contributed by atoms with E-state index < -0.39 is 0 Å². The van der Waals surface area contributed by atoms with Crippen LogP contribution in [0.5, 0.6) is 0 Å². The average Bonchev–Trinajstić information content (AvgIpc) is 2.41. The number of carbonyl (C=O) groups is 1. The van der Waals surface area contributed by atoms with Gasteiger partial charge in [-0.1, -0.05) is 29.8 Å². The number of aryl methyl sites for hydroxylation is 1. The highest BCUT2D eigenvalue weighted by Gasteiger charge is 2.32. The third-order valence-corrected chi connectivity index (χ3v) is 3.77. The van der Waals surface area contributed by atoms with Gasteiger partial charge in [-0.25, -0.2) is 0 Å². The molecule has 1 aliphatic rings. The Morgan fingerprint density at radius 2 is 1.95 bits per heavy atom. The molecule has 19 heavy (non-hydrogen) atoms. The predicted molar refractivity (Wildman–Crippen MR) is 76.7 cm³/mol. The first-order valence-corrected chi connectivity index (χ1v) is 6.86. The first-order chi connectivity index (χ1) is 9.11. The SMILES string of the molecule is Cc1ccc(CN2CCN(C)C(=O)C2CCN)cc1. The second-order valence-corrected chi connectivity index (χ2v) is 5.31. The smallest absolute Gasteiger partial charge is 0.239 e. The fraction of sp³-hybridized carbons (Fsp3) is 0.533. The van der Waals surface area contributed by atoms with E-state index in [1.54, 1.807) is 0 Å². The van der Waals surface area contributed by atoms with Crippen LogP contribution < -0.4 is 5.73 Å². The molecule has 1 saturated heterocycles. The van der Waals surface area contributed by atoms with Crippen molar-refractivity contribution in [2.24, 2.45) is 5.73 Å². The summed E-state index contributed by atoms with van der Waals surface area (Å²) in [5.41, 5.74) is 8.16. The van der Waals surface area contributed by atoms with E-state index in [-0.39, 0.29) is 11.9 Å². The largest absolute Gasteiger partial charge is 0.343 e. The van der Waals surface area contributed by atoms with Gasteiger partial charge in [-0.15, -0.1) is 0 Å². The number of piperazine rings is 1. The molecule has 1 fully saturated rings. The minimum Gasteiger partial charge on any atom is -0.343 e. The van der Waals surface area contributed by atoms with Crippen LogP contribution in [-0.4, -0.2) is 48.4 Å². The molecule has 0 aliphatic carbocycles. The molecule has 0 spiro atoms. The van der Waals surface area contributed by atoms with Gasteiger partial charge in [-0.2, -0.15) is 0 Å². The Bertz CT molecular complexity index is 430. The molecule has 1 heterocycles. The fourth-order valence-corrected chi connectivity index (χ4v) is 2.54. The van der Waals surface area contributed by atoms with Crippen LogP contribution >= 0.6 is 0 Å². The van der Waals surface area contributed by atoms with Crippen LogP contribution in [0.15, 0.2) is 24.3 Å². The molecule has 1 amide bonds. The number of hydrogen-bond donors (Lipinski definition) is 1. The monoisotopic (exact) mass is 261 g/mol. The molecular formula is C15H23N3O. The predicted octanol–water partition coefficient (Wildman–Crippen LogP) is 0.986. The molecule has 1 aromatic rings. The maximum absolute atomic E-state index is 12.2. The summed E-state index contributed by atoms with van der Waals surface area (Å²) in [6, 6.07) is 8.44. The highest BCUT2D eigenvalue weighted by Crippen LogP contribution is 2.17. The van der Waals surface area contributed by atoms with Gasteiger partial charge in [0.05, 0.1) is 6.04 Å². The van der Waals surface area contributed by atoms with Gasteiger partial charge in [0.15, 0.2) is 0 Å². The minimum atomic E-state index is -0.0648. The van der Waals surface area contributed by atoms with E-state index in [0.717, 1.165) is 26.1 Å². The number of carbonyl (C=O) groups excluding carboxylic acids is 1. The standard InChI is InChI=1S/C15H23N3O/c1-12-3-5-13(6-4-12)11-18-10-9-17(2)15(19)14(18)7-8-16/h3-6,14H,7-11,16H2,1-2H3. The zero-order valence-electron chi connectivity index (χ0n) is 11.8. The van der Waals surface area contributed by atoms with Crippen molar-refractivity contribution in [2.45, 2.75) is 25.9 Å². The Kier molecular flexibility index (Phi) is 4.56. The van der Waals surface area contributed by atoms with Crippen molar-refractivity contribution in [1.29, 1.82) is 0 Å². The van der Waals surface area contributed by atoms with Crippen LogP contribution in [-0.2, 0) is 11.3 Å². The average molecular weight is 261 g/mol. The molecule has 1 atom stereocenters. The zero-order valence-corrected chi connectivity index (χ0v) is 11.8. The number of amides is 1. The molecule has 1 unspecified atom stereocenters. The second kappa shape index (κ2) is 6.17. The van der Waals surface area contributed by atoms with Crippen LogP contribution in [0.4, 0.5) is 0 Å². The van der Waals surface area contributed by atoms with E-state index in [4.69, 9.17) is 5.73 Å². The number of hydrogen-bond acceptors (Lipinski definition) is 3. The lowest BCUT2D eigenvalue weighted by Gasteiger charge is -2.39. The molecule has 0 bridgehead atoms. The van der Waals surface area contributed by atoms with Crippen molar-refractivity contribution in [3.05, 3.63) is 35.4 Å². The summed E-state index contributed by atoms with van der Waals surface area (Å²) in [4.78, 5) is 16.3. The molecule has 0 aromatic heterocycles. The molecule has 4 heteroatoms. The second-order valence-electron chi connectivity index (χ2n) is 5.31. The van der Waals surface area contributed by atoms with Gasteiger partial charge in [-0.3, -0.25) is 9.69 Å². The van der Waals surface area contributed by atoms with E-state index in [1.807, 2.05) is 11.9 Å². The Morgan fingerprint density at radius 3 is 2.58 bits per heavy atom. The van der Waals surface area contributed by atoms with Crippen LogP contribution in [0.25, 0.3) is 0 Å². The molecule has 2 N–H and O–H groups in total. The first-order valence-electron chi connectivity index (χ1n) is 6.86. The van der Waals surface area contributed by atoms with Crippen molar-refractivity contribution in [3.8, 4) is 0 Å². The lowest BCUT2D eigenvalue weighted by molar-refractivity contribution is -0.140. The highest BCUT2D eigenvalue weighted by atomic mass is 16.2. The van der Waals surface area contributed by atoms with Crippen molar-refractivity contribution in [3.63, 3.8) is 0 Å². The van der Waals surface area contributed by atoms with E-state index in [2.05, 4.69) is 36.1 Å². The molecule has 1 aliphatic heterocycles. The van der Waals surface area contributed by atoms with Crippen LogP contribution in [0, 0.1) is 6.92 Å². The summed E-state index contributed by atoms with van der Waals surface area (Å²) in [5, 5.41) is 0. The Labute approximate surface area is 115 Å². The molecular weight excluding hydrogens is 238 g/mol. The highest BCUT2D eigenvalue weighted by molar-refractivity contribution is 5.82. The molecule has 104 valence electrons. The summed E-state index contributed by atoms with van der Waals surface area (Å²) in [6.07, 6.45) is 0.731. The lowest BCUT2D eigenvalue weighted by atomic mass is 10.1. The van der Waals surface area contributed by atoms with E-state index >= 15 is 0 Å². The van der Waals surface area contributed by atoms with Gasteiger partial charge < -0.3 is 10.6 Å². The number of likely N-dealkylation sites (N-methyl/N-ethyl adjacent to an activating group) is 1. The molecule has 0 saturated carbocycles. The first kappa shape index (κ1) is 14.0. The number of nitrogens with two attached hydrogens (primary N) is 1. The van der Waals surface area contributed by atoms with Gasteiger partial charge in [0, 0.05) is 26.7 Å². The third-order valence-electron chi connectivity index (χ3n) is 3.77. The van der Waals surface area contributed by atoms with E-state index in [0.29, 0.717) is 6.54 Å². The minimum absolute atomic E-state index is 0.0648. The van der Waals surface area contributed by atoms with E-state index in [1.165, 1.54) is 11.1 Å². The quantitative estimate of drug-likeness (QED) is 0.879. The maximum Gasteiger partial charge on any atom is 0.239 e. The normalized spacial score (nSPS) is 20.9. The summed E-state index contributed by atoms with van der Waals surface area (Å²) < 4.78 is 0. The van der Waals surface area contributed by atoms with Gasteiger partial charge in [0.25, 0.3) is 0 Å².